The van der Waals surface area contributed by atoms with Gasteiger partial charge < -0.3 is 15.5 Å². The first-order valence-corrected chi connectivity index (χ1v) is 9.59. The fourth-order valence-corrected chi connectivity index (χ4v) is 3.89. The average Bonchev–Trinajstić information content (AvgIpc) is 3.07. The smallest absolute Gasteiger partial charge is 0.210 e. The van der Waals surface area contributed by atoms with Crippen LogP contribution in [-0.4, -0.2) is 31.9 Å². The molecule has 0 unspecified atom stereocenters. The number of nitrogens with zero attached hydrogens (tertiary/aromatic N) is 2. The average molecular weight is 387 g/mol. The Morgan fingerprint density at radius 3 is 2.73 bits per heavy atom. The molecule has 2 aromatic carbocycles. The molecule has 6 nitrogen and oxygen atoms in total. The van der Waals surface area contributed by atoms with Crippen molar-refractivity contribution in [3.05, 3.63) is 53.1 Å². The maximum Gasteiger partial charge on any atom is 0.210 e. The zero-order valence-electron chi connectivity index (χ0n) is 14.2. The number of hydrogen-bond acceptors (Lipinski definition) is 8. The molecule has 0 radical (unpaired) electrons. The Bertz CT molecular complexity index is 957. The van der Waals surface area contributed by atoms with Crippen LogP contribution in [-0.2, 0) is 0 Å². The van der Waals surface area contributed by atoms with Crippen LogP contribution in [0, 0.1) is 13.8 Å². The van der Waals surface area contributed by atoms with Crippen LogP contribution in [0.1, 0.15) is 21.5 Å². The number of aromatic nitrogens is 2. The first-order chi connectivity index (χ1) is 12.4. The Labute approximate surface area is 158 Å². The maximum absolute atomic E-state index is 12.2. The van der Waals surface area contributed by atoms with Gasteiger partial charge in [0.15, 0.2) is 21.6 Å². The number of thioether (sulfide) groups is 1. The lowest BCUT2D eigenvalue weighted by Crippen LogP contribution is -2.01. The van der Waals surface area contributed by atoms with E-state index in [1.54, 1.807) is 0 Å². The summed E-state index contributed by atoms with van der Waals surface area (Å²) >= 11 is 2.66. The number of nitrogens with one attached hydrogen (secondary N) is 1. The lowest BCUT2D eigenvalue weighted by molar-refractivity contribution is 0.102. The molecule has 0 amide bonds. The van der Waals surface area contributed by atoms with E-state index < -0.39 is 0 Å². The summed E-state index contributed by atoms with van der Waals surface area (Å²) in [5.74, 6) is -0.552. The van der Waals surface area contributed by atoms with Crippen molar-refractivity contribution in [1.29, 1.82) is 0 Å². The van der Waals surface area contributed by atoms with Crippen LogP contribution in [0.5, 0.6) is 11.5 Å². The van der Waals surface area contributed by atoms with E-state index in [2.05, 4.69) is 28.5 Å². The van der Waals surface area contributed by atoms with Gasteiger partial charge in [-0.15, -0.1) is 10.2 Å². The Morgan fingerprint density at radius 1 is 1.15 bits per heavy atom. The zero-order chi connectivity index (χ0) is 18.7. The highest BCUT2D eigenvalue weighted by atomic mass is 32.2. The van der Waals surface area contributed by atoms with Gasteiger partial charge >= 0.3 is 0 Å². The topological polar surface area (TPSA) is 95.3 Å². The summed E-state index contributed by atoms with van der Waals surface area (Å²) in [5, 5.41) is 30.9. The van der Waals surface area contributed by atoms with Gasteiger partial charge in [0.1, 0.15) is 0 Å². The predicted molar refractivity (Wildman–Crippen MR) is 104 cm³/mol. The van der Waals surface area contributed by atoms with E-state index in [0.717, 1.165) is 11.3 Å². The summed E-state index contributed by atoms with van der Waals surface area (Å²) in [7, 11) is 0. The molecule has 0 aliphatic rings. The number of phenols is 2. The Hall–Kier alpha value is -2.58. The largest absolute Gasteiger partial charge is 0.504 e. The van der Waals surface area contributed by atoms with Crippen LogP contribution in [0.2, 0.25) is 0 Å². The minimum Gasteiger partial charge on any atom is -0.504 e. The Balaban J connectivity index is 1.62. The highest BCUT2D eigenvalue weighted by molar-refractivity contribution is 8.01. The highest BCUT2D eigenvalue weighted by Crippen LogP contribution is 2.30. The molecule has 3 aromatic rings. The minimum absolute atomic E-state index is 0.162. The standard InChI is InChI=1S/C18H17N3O3S2/c1-10-4-3-5-13(11(10)2)19-17-20-21-18(26-17)25-9-16(24)12-6-7-14(22)15(23)8-12/h3-8,22-23H,9H2,1-2H3,(H,19,20). The summed E-state index contributed by atoms with van der Waals surface area (Å²) < 4.78 is 0.675. The zero-order valence-corrected chi connectivity index (χ0v) is 15.8. The molecule has 0 aliphatic heterocycles. The van der Waals surface area contributed by atoms with Gasteiger partial charge in [0.05, 0.1) is 5.75 Å². The second kappa shape index (κ2) is 7.76. The van der Waals surface area contributed by atoms with Crippen molar-refractivity contribution in [2.24, 2.45) is 0 Å². The second-order valence-corrected chi connectivity index (χ2v) is 7.86. The fraction of sp³-hybridized carbons (Fsp3) is 0.167. The van der Waals surface area contributed by atoms with Crippen LogP contribution >= 0.6 is 23.1 Å². The van der Waals surface area contributed by atoms with Crippen molar-refractivity contribution < 1.29 is 15.0 Å². The number of anilines is 2. The van der Waals surface area contributed by atoms with E-state index in [1.165, 1.54) is 46.9 Å². The molecule has 8 heteroatoms. The number of rotatable bonds is 6. The molecular formula is C18H17N3O3S2. The SMILES string of the molecule is Cc1cccc(Nc2nnc(SCC(=O)c3ccc(O)c(O)c3)s2)c1C. The molecule has 134 valence electrons. The van der Waals surface area contributed by atoms with E-state index in [0.29, 0.717) is 15.0 Å². The number of carbonyl (C=O) groups is 1. The van der Waals surface area contributed by atoms with Gasteiger partial charge in [-0.05, 0) is 49.2 Å². The quantitative estimate of drug-likeness (QED) is 0.330. The van der Waals surface area contributed by atoms with E-state index in [1.807, 2.05) is 19.1 Å². The number of ketones is 1. The summed E-state index contributed by atoms with van der Waals surface area (Å²) in [6.07, 6.45) is 0. The summed E-state index contributed by atoms with van der Waals surface area (Å²) in [5.41, 5.74) is 3.66. The number of phenolic OH excluding ortho intramolecular Hbond substituents is 2. The van der Waals surface area contributed by atoms with Crippen molar-refractivity contribution in [2.75, 3.05) is 11.1 Å². The van der Waals surface area contributed by atoms with Crippen molar-refractivity contribution in [3.8, 4) is 11.5 Å². The van der Waals surface area contributed by atoms with Crippen LogP contribution in [0.25, 0.3) is 0 Å². The number of aryl methyl sites for hydroxylation is 1. The molecular weight excluding hydrogens is 370 g/mol. The van der Waals surface area contributed by atoms with Gasteiger partial charge in [0, 0.05) is 11.3 Å². The third-order valence-electron chi connectivity index (χ3n) is 3.88. The Kier molecular flexibility index (Phi) is 5.43. The van der Waals surface area contributed by atoms with Crippen LogP contribution in [0.3, 0.4) is 0 Å². The van der Waals surface area contributed by atoms with Crippen molar-refractivity contribution >= 4 is 39.7 Å². The van der Waals surface area contributed by atoms with Gasteiger partial charge in [0.25, 0.3) is 0 Å². The van der Waals surface area contributed by atoms with Crippen LogP contribution < -0.4 is 5.32 Å². The number of benzene rings is 2. The van der Waals surface area contributed by atoms with Gasteiger partial charge in [0.2, 0.25) is 5.13 Å². The number of carbonyl (C=O) groups excluding carboxylic acids is 1. The van der Waals surface area contributed by atoms with Gasteiger partial charge in [-0.1, -0.05) is 35.2 Å². The minimum atomic E-state index is -0.309. The molecule has 0 saturated heterocycles. The summed E-state index contributed by atoms with van der Waals surface area (Å²) in [6.45, 7) is 4.09. The van der Waals surface area contributed by atoms with Gasteiger partial charge in [-0.2, -0.15) is 0 Å². The molecule has 1 aromatic heterocycles. The highest BCUT2D eigenvalue weighted by Gasteiger charge is 2.12. The lowest BCUT2D eigenvalue weighted by atomic mass is 10.1. The molecule has 0 bridgehead atoms. The fourth-order valence-electron chi connectivity index (χ4n) is 2.23. The second-order valence-electron chi connectivity index (χ2n) is 5.66. The molecule has 0 aliphatic carbocycles. The molecule has 0 fully saturated rings. The summed E-state index contributed by atoms with van der Waals surface area (Å²) in [4.78, 5) is 12.2. The molecule has 0 atom stereocenters. The number of hydrogen-bond donors (Lipinski definition) is 3. The molecule has 26 heavy (non-hydrogen) atoms. The van der Waals surface area contributed by atoms with Crippen LogP contribution in [0.4, 0.5) is 10.8 Å². The normalized spacial score (nSPS) is 10.7. The van der Waals surface area contributed by atoms with Crippen molar-refractivity contribution in [2.45, 2.75) is 18.2 Å². The number of Topliss-reactive ketones (excluding diaryl/α,β-unsaturated/α-hetero) is 1. The van der Waals surface area contributed by atoms with Crippen molar-refractivity contribution in [1.82, 2.24) is 10.2 Å². The monoisotopic (exact) mass is 387 g/mol. The maximum atomic E-state index is 12.2. The van der Waals surface area contributed by atoms with E-state index in [4.69, 9.17) is 0 Å². The van der Waals surface area contributed by atoms with E-state index in [9.17, 15) is 15.0 Å². The lowest BCUT2D eigenvalue weighted by Gasteiger charge is -2.08. The molecule has 0 saturated carbocycles. The third kappa shape index (κ3) is 4.14. The first-order valence-electron chi connectivity index (χ1n) is 7.79. The van der Waals surface area contributed by atoms with Gasteiger partial charge in [-0.25, -0.2) is 0 Å². The molecule has 1 heterocycles. The van der Waals surface area contributed by atoms with Crippen LogP contribution in [0.15, 0.2) is 40.7 Å². The molecule has 3 rings (SSSR count). The Morgan fingerprint density at radius 2 is 1.96 bits per heavy atom. The predicted octanol–water partition coefficient (Wildman–Crippen LogP) is 4.28. The first kappa shape index (κ1) is 18.2. The molecule has 0 spiro atoms. The molecule has 3 N–H and O–H groups in total. The third-order valence-corrected chi connectivity index (χ3v) is 5.85. The van der Waals surface area contributed by atoms with Crippen molar-refractivity contribution in [3.63, 3.8) is 0 Å². The van der Waals surface area contributed by atoms with E-state index >= 15 is 0 Å². The van der Waals surface area contributed by atoms with E-state index in [-0.39, 0.29) is 23.0 Å². The number of aromatic hydroxyl groups is 2. The summed E-state index contributed by atoms with van der Waals surface area (Å²) in [6, 6.07) is 10.0. The van der Waals surface area contributed by atoms with Gasteiger partial charge in [-0.3, -0.25) is 4.79 Å².